The second-order valence-corrected chi connectivity index (χ2v) is 9.44. The van der Waals surface area contributed by atoms with E-state index in [2.05, 4.69) is 0 Å². The smallest absolute Gasteiger partial charge is 0.324 e. The fourth-order valence-corrected chi connectivity index (χ4v) is 6.59. The fourth-order valence-electron chi connectivity index (χ4n) is 1.74. The first-order valence-corrected chi connectivity index (χ1v) is 8.44. The molecule has 0 fully saturated rings. The summed E-state index contributed by atoms with van der Waals surface area (Å²) < 4.78 is 23.1. The van der Waals surface area contributed by atoms with Gasteiger partial charge in [0.1, 0.15) is 4.90 Å². The lowest BCUT2D eigenvalue weighted by Crippen LogP contribution is -2.26. The SMILES string of the molecule is CCC(CC)(P(C)(C)=O)P(=O)(O)O. The average Bonchev–Trinajstić information content (AvgIpc) is 1.84. The highest BCUT2D eigenvalue weighted by molar-refractivity contribution is 7.77. The van der Waals surface area contributed by atoms with Crippen molar-refractivity contribution in [3.05, 3.63) is 0 Å². The van der Waals surface area contributed by atoms with Crippen LogP contribution < -0.4 is 0 Å². The summed E-state index contributed by atoms with van der Waals surface area (Å²) in [4.78, 5) is 17.1. The number of hydrogen-bond donors (Lipinski definition) is 2. The Hall–Kier alpha value is 0.380. The number of hydrogen-bond acceptors (Lipinski definition) is 2. The lowest BCUT2D eigenvalue weighted by molar-refractivity contribution is 0.341. The highest BCUT2D eigenvalue weighted by Gasteiger charge is 2.52. The van der Waals surface area contributed by atoms with E-state index in [9.17, 15) is 18.9 Å². The summed E-state index contributed by atoms with van der Waals surface area (Å²) in [5.41, 5.74) is 0. The molecule has 0 aliphatic rings. The molecule has 0 amide bonds. The standard InChI is InChI=1S/C7H18O4P2/c1-5-7(6-2,12(3,4)8)13(9,10)11/h5-6H2,1-4H3,(H2,9,10,11). The fraction of sp³-hybridized carbons (Fsp3) is 1.00. The van der Waals surface area contributed by atoms with Crippen LogP contribution in [0.5, 0.6) is 0 Å². The van der Waals surface area contributed by atoms with E-state index in [1.165, 1.54) is 13.3 Å². The van der Waals surface area contributed by atoms with Crippen LogP contribution in [-0.4, -0.2) is 28.0 Å². The first-order valence-electron chi connectivity index (χ1n) is 4.23. The molecule has 0 unspecified atom stereocenters. The van der Waals surface area contributed by atoms with Gasteiger partial charge in [-0.3, -0.25) is 4.57 Å². The van der Waals surface area contributed by atoms with Crippen molar-refractivity contribution in [2.24, 2.45) is 0 Å². The molecule has 0 aromatic heterocycles. The Bertz CT molecular complexity index is 234. The summed E-state index contributed by atoms with van der Waals surface area (Å²) in [6, 6.07) is 0. The van der Waals surface area contributed by atoms with E-state index in [4.69, 9.17) is 0 Å². The van der Waals surface area contributed by atoms with Gasteiger partial charge in [-0.2, -0.15) is 0 Å². The first kappa shape index (κ1) is 13.4. The topological polar surface area (TPSA) is 74.6 Å². The summed E-state index contributed by atoms with van der Waals surface area (Å²) >= 11 is 0. The molecule has 6 heteroatoms. The van der Waals surface area contributed by atoms with Crippen LogP contribution in [0.15, 0.2) is 0 Å². The third-order valence-electron chi connectivity index (χ3n) is 2.68. The largest absolute Gasteiger partial charge is 0.338 e. The van der Waals surface area contributed by atoms with Crippen LogP contribution in [0.1, 0.15) is 26.7 Å². The van der Waals surface area contributed by atoms with Gasteiger partial charge in [-0.25, -0.2) is 0 Å². The van der Waals surface area contributed by atoms with Crippen molar-refractivity contribution >= 4 is 14.7 Å². The summed E-state index contributed by atoms with van der Waals surface area (Å²) in [7, 11) is -7.08. The van der Waals surface area contributed by atoms with E-state index < -0.39 is 19.6 Å². The molecule has 0 aromatic rings. The van der Waals surface area contributed by atoms with Crippen LogP contribution >= 0.6 is 14.7 Å². The summed E-state index contributed by atoms with van der Waals surface area (Å²) in [5, 5.41) is 0. The second kappa shape index (κ2) is 3.86. The number of rotatable bonds is 4. The molecule has 0 heterocycles. The summed E-state index contributed by atoms with van der Waals surface area (Å²) in [6.45, 7) is 6.22. The molecule has 80 valence electrons. The maximum atomic E-state index is 11.9. The molecule has 0 aromatic carbocycles. The van der Waals surface area contributed by atoms with Crippen LogP contribution in [0.25, 0.3) is 0 Å². The molecular formula is C7H18O4P2. The lowest BCUT2D eigenvalue weighted by atomic mass is 10.2. The Morgan fingerprint density at radius 1 is 1.08 bits per heavy atom. The van der Waals surface area contributed by atoms with Gasteiger partial charge in [-0.1, -0.05) is 13.8 Å². The highest BCUT2D eigenvalue weighted by atomic mass is 31.2. The Labute approximate surface area is 79.3 Å². The predicted octanol–water partition coefficient (Wildman–Crippen LogP) is 2.30. The van der Waals surface area contributed by atoms with Crippen LogP contribution in [0, 0.1) is 0 Å². The minimum Gasteiger partial charge on any atom is -0.324 e. The zero-order valence-corrected chi connectivity index (χ0v) is 10.3. The van der Waals surface area contributed by atoms with Crippen molar-refractivity contribution in [1.82, 2.24) is 0 Å². The quantitative estimate of drug-likeness (QED) is 0.724. The monoisotopic (exact) mass is 228 g/mol. The van der Waals surface area contributed by atoms with Crippen LogP contribution in [0.4, 0.5) is 0 Å². The van der Waals surface area contributed by atoms with Gasteiger partial charge in [0.05, 0.1) is 7.14 Å². The molecule has 4 nitrogen and oxygen atoms in total. The average molecular weight is 228 g/mol. The van der Waals surface area contributed by atoms with Crippen LogP contribution in [0.2, 0.25) is 0 Å². The van der Waals surface area contributed by atoms with E-state index in [1.54, 1.807) is 13.8 Å². The molecule has 0 radical (unpaired) electrons. The summed E-state index contributed by atoms with van der Waals surface area (Å²) in [5.74, 6) is 0. The van der Waals surface area contributed by atoms with Gasteiger partial charge in [0.15, 0.2) is 0 Å². The normalized spacial score (nSPS) is 14.6. The molecule has 0 saturated carbocycles. The van der Waals surface area contributed by atoms with Crippen LogP contribution in [-0.2, 0) is 9.13 Å². The lowest BCUT2D eigenvalue weighted by Gasteiger charge is -2.35. The molecule has 0 atom stereocenters. The van der Waals surface area contributed by atoms with E-state index in [0.29, 0.717) is 0 Å². The van der Waals surface area contributed by atoms with Gasteiger partial charge in [0.25, 0.3) is 0 Å². The maximum Gasteiger partial charge on any atom is 0.338 e. The van der Waals surface area contributed by atoms with Gasteiger partial charge < -0.3 is 14.4 Å². The Morgan fingerprint density at radius 3 is 1.38 bits per heavy atom. The zero-order chi connectivity index (χ0) is 10.9. The second-order valence-electron chi connectivity index (χ2n) is 3.58. The van der Waals surface area contributed by atoms with Crippen molar-refractivity contribution in [3.63, 3.8) is 0 Å². The van der Waals surface area contributed by atoms with Gasteiger partial charge in [-0.05, 0) is 26.2 Å². The van der Waals surface area contributed by atoms with Gasteiger partial charge in [0.2, 0.25) is 0 Å². The first-order chi connectivity index (χ1) is 5.62. The van der Waals surface area contributed by atoms with Crippen molar-refractivity contribution in [2.75, 3.05) is 13.3 Å². The van der Waals surface area contributed by atoms with Crippen molar-refractivity contribution in [3.8, 4) is 0 Å². The highest BCUT2D eigenvalue weighted by Crippen LogP contribution is 2.72. The molecule has 0 aliphatic carbocycles. The molecule has 0 bridgehead atoms. The van der Waals surface area contributed by atoms with Crippen molar-refractivity contribution in [1.29, 1.82) is 0 Å². The van der Waals surface area contributed by atoms with Crippen LogP contribution in [0.3, 0.4) is 0 Å². The molecule has 0 spiro atoms. The molecule has 2 N–H and O–H groups in total. The van der Waals surface area contributed by atoms with E-state index in [-0.39, 0.29) is 12.8 Å². The minimum atomic E-state index is -4.29. The minimum absolute atomic E-state index is 0.248. The molecular weight excluding hydrogens is 210 g/mol. The third kappa shape index (κ3) is 2.24. The van der Waals surface area contributed by atoms with Gasteiger partial charge in [-0.15, -0.1) is 0 Å². The van der Waals surface area contributed by atoms with Gasteiger partial charge in [0, 0.05) is 0 Å². The van der Waals surface area contributed by atoms with E-state index in [1.807, 2.05) is 0 Å². The molecule has 0 saturated heterocycles. The molecule has 13 heavy (non-hydrogen) atoms. The Morgan fingerprint density at radius 2 is 1.38 bits per heavy atom. The van der Waals surface area contributed by atoms with Gasteiger partial charge >= 0.3 is 7.60 Å². The molecule has 0 rings (SSSR count). The van der Waals surface area contributed by atoms with E-state index >= 15 is 0 Å². The third-order valence-corrected chi connectivity index (χ3v) is 9.26. The summed E-state index contributed by atoms with van der Waals surface area (Å²) in [6.07, 6.45) is 0.496. The Kier molecular flexibility index (Phi) is 3.97. The molecule has 0 aliphatic heterocycles. The Balaban J connectivity index is 5.45. The zero-order valence-electron chi connectivity index (χ0n) is 8.52. The van der Waals surface area contributed by atoms with Crippen molar-refractivity contribution in [2.45, 2.75) is 31.6 Å². The predicted molar refractivity (Wildman–Crippen MR) is 54.8 cm³/mol. The maximum absolute atomic E-state index is 11.9. The van der Waals surface area contributed by atoms with E-state index in [0.717, 1.165) is 0 Å². The van der Waals surface area contributed by atoms with Crippen molar-refractivity contribution < 1.29 is 18.9 Å².